The number of nitrogens with zero attached hydrogens (tertiary/aromatic N) is 4. The molecule has 2 amide bonds. The molecule has 0 spiro atoms. The van der Waals surface area contributed by atoms with E-state index in [0.29, 0.717) is 37.4 Å². The number of allylic oxidation sites excluding steroid dienone is 1. The van der Waals surface area contributed by atoms with Crippen LogP contribution in [0.15, 0.2) is 103 Å². The highest BCUT2D eigenvalue weighted by Gasteiger charge is 2.41. The summed E-state index contributed by atoms with van der Waals surface area (Å²) in [5.41, 5.74) is 10.00. The molecule has 5 aliphatic heterocycles. The minimum absolute atomic E-state index is 0.141. The number of alkyl halides is 1. The van der Waals surface area contributed by atoms with Crippen molar-refractivity contribution in [1.29, 1.82) is 0 Å². The van der Waals surface area contributed by atoms with Gasteiger partial charge in [0.15, 0.2) is 0 Å². The molecule has 58 heavy (non-hydrogen) atoms. The number of nitrogens with one attached hydrogen (secondary N) is 1. The first kappa shape index (κ1) is 39.0. The van der Waals surface area contributed by atoms with Crippen LogP contribution in [0.2, 0.25) is 0 Å². The third kappa shape index (κ3) is 8.62. The molecule has 2 bridgehead atoms. The largest absolute Gasteiger partial charge is 0.492 e. The number of likely N-dealkylation sites (tertiary alicyclic amines) is 1. The average Bonchev–Trinajstić information content (AvgIpc) is 3.77. The fourth-order valence-electron chi connectivity index (χ4n) is 10.3. The number of ether oxygens (including phenoxy) is 1. The van der Waals surface area contributed by atoms with Gasteiger partial charge in [-0.1, -0.05) is 78.9 Å². The van der Waals surface area contributed by atoms with Crippen molar-refractivity contribution in [3.63, 3.8) is 0 Å². The first-order valence-corrected chi connectivity index (χ1v) is 22.1. The van der Waals surface area contributed by atoms with Crippen LogP contribution >= 0.6 is 11.6 Å². The molecule has 3 unspecified atom stereocenters. The molecule has 5 aliphatic rings. The molecule has 0 saturated carbocycles. The molecule has 9 rings (SSSR count). The first-order valence-electron chi connectivity index (χ1n) is 21.5. The lowest BCUT2D eigenvalue weighted by atomic mass is 9.88. The molecular weight excluding hydrogens is 742 g/mol. The lowest BCUT2D eigenvalue weighted by Gasteiger charge is -2.44. The molecule has 0 radical (unpaired) electrons. The summed E-state index contributed by atoms with van der Waals surface area (Å²) in [6.07, 6.45) is 6.91. The van der Waals surface area contributed by atoms with Gasteiger partial charge in [-0.25, -0.2) is 0 Å². The van der Waals surface area contributed by atoms with Crippen LogP contribution < -0.4 is 15.0 Å². The number of piperazine rings is 1. The summed E-state index contributed by atoms with van der Waals surface area (Å²) in [7, 11) is 0. The first-order chi connectivity index (χ1) is 28.5. The minimum atomic E-state index is -0.212. The molecule has 4 aromatic rings. The summed E-state index contributed by atoms with van der Waals surface area (Å²) in [6, 6.07) is 37.8. The van der Waals surface area contributed by atoms with E-state index in [1.54, 1.807) is 0 Å². The zero-order chi connectivity index (χ0) is 39.4. The molecule has 4 aromatic carbocycles. The van der Waals surface area contributed by atoms with E-state index in [-0.39, 0.29) is 17.9 Å². The van der Waals surface area contributed by atoms with E-state index >= 15 is 0 Å². The quantitative estimate of drug-likeness (QED) is 0.0841. The molecule has 4 fully saturated rings. The van der Waals surface area contributed by atoms with Crippen LogP contribution in [0, 0.1) is 5.92 Å². The number of piperidine rings is 2. The van der Waals surface area contributed by atoms with Crippen LogP contribution in [0.1, 0.15) is 72.8 Å². The third-order valence-electron chi connectivity index (χ3n) is 13.4. The standard InChI is InChI=1S/C49H56ClN5O3/c50-24-21-45(36-7-3-1-4-8-36)48(37-9-5-2-6-10-37)38-12-17-44(18-13-38)58-28-27-52-25-22-35(23-26-52)30-55-42-15-16-43(55)34-53(33-42)41-14-11-39-31-54(32-40(39)29-41)46-19-20-47(56)51-49(46)57/h1-14,17-18,29,35,42-43,46H,15-16,19-28,30-34H2,(H,51,56,57). The normalized spacial score (nSPS) is 23.5. The van der Waals surface area contributed by atoms with Gasteiger partial charge in [0.2, 0.25) is 11.8 Å². The van der Waals surface area contributed by atoms with Gasteiger partial charge in [0.05, 0.1) is 6.04 Å². The molecule has 8 nitrogen and oxygen atoms in total. The zero-order valence-electron chi connectivity index (χ0n) is 33.5. The van der Waals surface area contributed by atoms with Crippen molar-refractivity contribution < 1.29 is 14.3 Å². The third-order valence-corrected chi connectivity index (χ3v) is 13.6. The lowest BCUT2D eigenvalue weighted by Crippen LogP contribution is -2.55. The van der Waals surface area contributed by atoms with Crippen molar-refractivity contribution in [3.05, 3.63) is 131 Å². The number of fused-ring (bicyclic) bond motifs is 3. The summed E-state index contributed by atoms with van der Waals surface area (Å²) in [6.45, 7) is 8.89. The van der Waals surface area contributed by atoms with Crippen LogP contribution in [0.5, 0.6) is 5.75 Å². The van der Waals surface area contributed by atoms with Gasteiger partial charge in [0, 0.05) is 69.3 Å². The Labute approximate surface area is 348 Å². The Morgan fingerprint density at radius 1 is 0.741 bits per heavy atom. The van der Waals surface area contributed by atoms with E-state index in [4.69, 9.17) is 16.3 Å². The van der Waals surface area contributed by atoms with Gasteiger partial charge in [0.1, 0.15) is 12.4 Å². The van der Waals surface area contributed by atoms with Crippen molar-refractivity contribution in [3.8, 4) is 5.75 Å². The Morgan fingerprint density at radius 3 is 2.10 bits per heavy atom. The van der Waals surface area contributed by atoms with E-state index in [2.05, 4.69) is 128 Å². The molecule has 9 heteroatoms. The molecule has 0 aliphatic carbocycles. The smallest absolute Gasteiger partial charge is 0.243 e. The van der Waals surface area contributed by atoms with E-state index < -0.39 is 0 Å². The van der Waals surface area contributed by atoms with Crippen molar-refractivity contribution in [2.75, 3.05) is 56.7 Å². The maximum atomic E-state index is 12.5. The Balaban J connectivity index is 0.743. The lowest BCUT2D eigenvalue weighted by molar-refractivity contribution is -0.137. The number of halogens is 1. The number of rotatable bonds is 13. The van der Waals surface area contributed by atoms with E-state index in [9.17, 15) is 9.59 Å². The summed E-state index contributed by atoms with van der Waals surface area (Å²) in [5.74, 6) is 1.93. The van der Waals surface area contributed by atoms with Gasteiger partial charge < -0.3 is 9.64 Å². The van der Waals surface area contributed by atoms with Crippen LogP contribution in [0.4, 0.5) is 5.69 Å². The van der Waals surface area contributed by atoms with Crippen molar-refractivity contribution in [2.45, 2.75) is 76.2 Å². The number of hydrogen-bond donors (Lipinski definition) is 1. The molecule has 0 aromatic heterocycles. The van der Waals surface area contributed by atoms with Gasteiger partial charge in [-0.2, -0.15) is 0 Å². The fourth-order valence-corrected chi connectivity index (χ4v) is 10.5. The second-order valence-corrected chi connectivity index (χ2v) is 17.4. The van der Waals surface area contributed by atoms with Gasteiger partial charge in [-0.3, -0.25) is 29.6 Å². The Morgan fingerprint density at radius 2 is 1.41 bits per heavy atom. The zero-order valence-corrected chi connectivity index (χ0v) is 34.3. The van der Waals surface area contributed by atoms with E-state index in [0.717, 1.165) is 63.9 Å². The topological polar surface area (TPSA) is 68.4 Å². The number of carbonyl (C=O) groups excluding carboxylic acids is 2. The van der Waals surface area contributed by atoms with Crippen LogP contribution in [0.3, 0.4) is 0 Å². The molecule has 5 heterocycles. The number of amides is 2. The predicted molar refractivity (Wildman–Crippen MR) is 233 cm³/mol. The number of carbonyl (C=O) groups is 2. The van der Waals surface area contributed by atoms with Crippen molar-refractivity contribution >= 4 is 40.2 Å². The molecule has 3 atom stereocenters. The average molecular weight is 798 g/mol. The van der Waals surface area contributed by atoms with E-state index in [1.807, 2.05) is 0 Å². The van der Waals surface area contributed by atoms with Gasteiger partial charge in [0.25, 0.3) is 0 Å². The van der Waals surface area contributed by atoms with Crippen LogP contribution in [-0.4, -0.2) is 96.4 Å². The van der Waals surface area contributed by atoms with Crippen molar-refractivity contribution in [2.24, 2.45) is 5.92 Å². The highest BCUT2D eigenvalue weighted by molar-refractivity contribution is 6.18. The monoisotopic (exact) mass is 797 g/mol. The molecule has 4 saturated heterocycles. The predicted octanol–water partition coefficient (Wildman–Crippen LogP) is 7.84. The second-order valence-electron chi connectivity index (χ2n) is 17.0. The number of imide groups is 1. The second kappa shape index (κ2) is 17.8. The molecule has 302 valence electrons. The summed E-state index contributed by atoms with van der Waals surface area (Å²) >= 11 is 6.36. The summed E-state index contributed by atoms with van der Waals surface area (Å²) in [5, 5.41) is 2.53. The summed E-state index contributed by atoms with van der Waals surface area (Å²) < 4.78 is 6.32. The Bertz CT molecular complexity index is 2070. The maximum Gasteiger partial charge on any atom is 0.243 e. The minimum Gasteiger partial charge on any atom is -0.492 e. The molecular formula is C49H56ClN5O3. The van der Waals surface area contributed by atoms with E-state index in [1.165, 1.54) is 76.9 Å². The summed E-state index contributed by atoms with van der Waals surface area (Å²) in [4.78, 5) is 34.5. The highest BCUT2D eigenvalue weighted by atomic mass is 35.5. The Kier molecular flexibility index (Phi) is 12.0. The number of anilines is 1. The molecule has 1 N–H and O–H groups in total. The van der Waals surface area contributed by atoms with Crippen LogP contribution in [-0.2, 0) is 22.7 Å². The highest BCUT2D eigenvalue weighted by Crippen LogP contribution is 2.38. The van der Waals surface area contributed by atoms with Gasteiger partial charge >= 0.3 is 0 Å². The maximum absolute atomic E-state index is 12.5. The van der Waals surface area contributed by atoms with Gasteiger partial charge in [-0.05, 0) is 121 Å². The SMILES string of the molecule is O=C1CCC(N2Cc3ccc(N4CC5CCC(C4)N5CC4CCN(CCOc5ccc(C(=C(CCCl)c6ccccc6)c6ccccc6)cc5)CC4)cc3C2)C(=O)N1. The van der Waals surface area contributed by atoms with Crippen molar-refractivity contribution in [1.82, 2.24) is 20.0 Å². The Hall–Kier alpha value is -4.47. The fraction of sp³-hybridized carbons (Fsp3) is 0.429. The van der Waals surface area contributed by atoms with Gasteiger partial charge in [-0.15, -0.1) is 11.6 Å². The number of hydrogen-bond acceptors (Lipinski definition) is 7. The van der Waals surface area contributed by atoms with Crippen LogP contribution in [0.25, 0.3) is 11.1 Å². The number of benzene rings is 4.